The Morgan fingerprint density at radius 3 is 2.17 bits per heavy atom. The molecule has 0 aliphatic heterocycles. The second-order valence-electron chi connectivity index (χ2n) is 5.87. The van der Waals surface area contributed by atoms with Crippen LogP contribution in [-0.4, -0.2) is 18.6 Å². The minimum Gasteiger partial charge on any atom is -0.471 e. The summed E-state index contributed by atoms with van der Waals surface area (Å²) in [5.41, 5.74) is 2.67. The minimum atomic E-state index is 0.209. The van der Waals surface area contributed by atoms with Gasteiger partial charge in [0.1, 0.15) is 5.75 Å². The van der Waals surface area contributed by atoms with E-state index in [9.17, 15) is 0 Å². The molecule has 0 aliphatic carbocycles. The molecule has 0 amide bonds. The molecule has 0 atom stereocenters. The molecule has 0 bridgehead atoms. The van der Waals surface area contributed by atoms with Crippen LogP contribution in [0.25, 0.3) is 0 Å². The zero-order chi connectivity index (χ0) is 17.3. The molecule has 0 radical (unpaired) electrons. The monoisotopic (exact) mass is 315 g/mol. The summed E-state index contributed by atoms with van der Waals surface area (Å²) in [6, 6.07) is 12.2. The fourth-order valence-electron chi connectivity index (χ4n) is 1.81. The van der Waals surface area contributed by atoms with E-state index in [0.29, 0.717) is 12.4 Å². The zero-order valence-electron chi connectivity index (χ0n) is 14.5. The van der Waals surface area contributed by atoms with Crippen molar-refractivity contribution in [2.75, 3.05) is 7.11 Å². The van der Waals surface area contributed by atoms with Gasteiger partial charge in [-0.25, -0.2) is 4.98 Å². The number of hydrogen-bond donors (Lipinski definition) is 0. The highest BCUT2D eigenvalue weighted by molar-refractivity contribution is 5.36. The van der Waals surface area contributed by atoms with Gasteiger partial charge in [0.2, 0.25) is 5.88 Å². The molecule has 0 N–H and O–H groups in total. The molecule has 1 heterocycles. The Bertz CT molecular complexity index is 589. The first-order valence-electron chi connectivity index (χ1n) is 7.60. The van der Waals surface area contributed by atoms with Gasteiger partial charge >= 0.3 is 0 Å². The van der Waals surface area contributed by atoms with Gasteiger partial charge in [-0.15, -0.1) is 0 Å². The Balaban J connectivity index is 0.000000593. The number of benzene rings is 1. The third-order valence-electron chi connectivity index (χ3n) is 3.72. The van der Waals surface area contributed by atoms with Crippen molar-refractivity contribution >= 4 is 6.47 Å². The topological polar surface area (TPSA) is 48.4 Å². The highest BCUT2D eigenvalue weighted by atomic mass is 16.5. The molecule has 0 saturated heterocycles. The quantitative estimate of drug-likeness (QED) is 0.753. The van der Waals surface area contributed by atoms with Crippen molar-refractivity contribution in [2.45, 2.75) is 39.5 Å². The van der Waals surface area contributed by atoms with E-state index in [-0.39, 0.29) is 5.41 Å². The minimum absolute atomic E-state index is 0.209. The predicted molar refractivity (Wildman–Crippen MR) is 91.9 cm³/mol. The fraction of sp³-hybridized carbons (Fsp3) is 0.368. The summed E-state index contributed by atoms with van der Waals surface area (Å²) in [5, 5.41) is 0. The van der Waals surface area contributed by atoms with E-state index in [1.165, 1.54) is 12.7 Å². The summed E-state index contributed by atoms with van der Waals surface area (Å²) >= 11 is 0. The number of nitrogens with zero attached hydrogens (tertiary/aromatic N) is 1. The van der Waals surface area contributed by atoms with Crippen molar-refractivity contribution < 1.29 is 14.3 Å². The summed E-state index contributed by atoms with van der Waals surface area (Å²) < 4.78 is 9.58. The van der Waals surface area contributed by atoms with Crippen LogP contribution in [0.3, 0.4) is 0 Å². The van der Waals surface area contributed by atoms with Gasteiger partial charge in [-0.2, -0.15) is 0 Å². The predicted octanol–water partition coefficient (Wildman–Crippen LogP) is 4.66. The number of carbonyl (C=O) groups excluding carboxylic acids is 1. The van der Waals surface area contributed by atoms with Gasteiger partial charge < -0.3 is 9.47 Å². The lowest BCUT2D eigenvalue weighted by Crippen LogP contribution is -2.14. The molecule has 1 aromatic carbocycles. The molecule has 0 aliphatic rings. The molecule has 4 heteroatoms. The van der Waals surface area contributed by atoms with E-state index in [2.05, 4.69) is 42.6 Å². The molecule has 2 rings (SSSR count). The van der Waals surface area contributed by atoms with Crippen LogP contribution in [0.5, 0.6) is 11.6 Å². The second-order valence-corrected chi connectivity index (χ2v) is 5.87. The molecule has 0 unspecified atom stereocenters. The van der Waals surface area contributed by atoms with E-state index in [0.717, 1.165) is 17.7 Å². The normalized spacial score (nSPS) is 10.3. The third kappa shape index (κ3) is 6.10. The number of carbonyl (C=O) groups is 1. The highest BCUT2D eigenvalue weighted by Crippen LogP contribution is 2.29. The molecule has 0 saturated carbocycles. The summed E-state index contributed by atoms with van der Waals surface area (Å²) in [6.45, 7) is 9.10. The lowest BCUT2D eigenvalue weighted by atomic mass is 9.82. The lowest BCUT2D eigenvalue weighted by molar-refractivity contribution is -0.126. The van der Waals surface area contributed by atoms with Crippen LogP contribution in [0.1, 0.15) is 38.3 Å². The third-order valence-corrected chi connectivity index (χ3v) is 3.72. The maximum Gasteiger partial charge on any atom is 0.292 e. The maximum atomic E-state index is 8.95. The Hall–Kier alpha value is -2.36. The molecule has 2 aromatic rings. The number of methoxy groups -OCH3 is 1. The van der Waals surface area contributed by atoms with Gasteiger partial charge in [0.25, 0.3) is 6.47 Å². The molecular weight excluding hydrogens is 290 g/mol. The van der Waals surface area contributed by atoms with Crippen LogP contribution in [0.4, 0.5) is 0 Å². The van der Waals surface area contributed by atoms with E-state index in [1.54, 1.807) is 0 Å². The van der Waals surface area contributed by atoms with Gasteiger partial charge in [-0.1, -0.05) is 39.0 Å². The SMILES string of the molecule is CCC(C)(C)c1ccc(Oc2ccc(C)cn2)cc1.COC=O. The smallest absolute Gasteiger partial charge is 0.292 e. The van der Waals surface area contributed by atoms with Crippen LogP contribution in [0.15, 0.2) is 42.6 Å². The average molecular weight is 315 g/mol. The van der Waals surface area contributed by atoms with Crippen LogP contribution in [0, 0.1) is 6.92 Å². The first-order valence-corrected chi connectivity index (χ1v) is 7.60. The Morgan fingerprint density at radius 1 is 1.13 bits per heavy atom. The van der Waals surface area contributed by atoms with Gasteiger partial charge in [-0.3, -0.25) is 4.79 Å². The molecule has 23 heavy (non-hydrogen) atoms. The number of aryl methyl sites for hydroxylation is 1. The van der Waals surface area contributed by atoms with Gasteiger partial charge in [0, 0.05) is 12.3 Å². The van der Waals surface area contributed by atoms with E-state index < -0.39 is 0 Å². The molecule has 124 valence electrons. The Morgan fingerprint density at radius 2 is 1.74 bits per heavy atom. The molecule has 0 fully saturated rings. The van der Waals surface area contributed by atoms with E-state index in [4.69, 9.17) is 9.53 Å². The molecule has 0 spiro atoms. The highest BCUT2D eigenvalue weighted by Gasteiger charge is 2.17. The number of pyridine rings is 1. The second kappa shape index (κ2) is 8.93. The number of rotatable bonds is 5. The van der Waals surface area contributed by atoms with Gasteiger partial charge in [-0.05, 0) is 42.0 Å². The first kappa shape index (κ1) is 18.7. The van der Waals surface area contributed by atoms with Crippen LogP contribution < -0.4 is 4.74 Å². The van der Waals surface area contributed by atoms with E-state index in [1.807, 2.05) is 37.4 Å². The Kier molecular flexibility index (Phi) is 7.26. The Labute approximate surface area is 138 Å². The number of ether oxygens (including phenoxy) is 2. The van der Waals surface area contributed by atoms with Crippen molar-refractivity contribution in [3.05, 3.63) is 53.7 Å². The molecular formula is C19H25NO3. The lowest BCUT2D eigenvalue weighted by Gasteiger charge is -2.23. The van der Waals surface area contributed by atoms with Crippen LogP contribution in [-0.2, 0) is 14.9 Å². The van der Waals surface area contributed by atoms with Crippen LogP contribution in [0.2, 0.25) is 0 Å². The van der Waals surface area contributed by atoms with E-state index >= 15 is 0 Å². The fourth-order valence-corrected chi connectivity index (χ4v) is 1.81. The van der Waals surface area contributed by atoms with Crippen molar-refractivity contribution in [2.24, 2.45) is 0 Å². The summed E-state index contributed by atoms with van der Waals surface area (Å²) in [7, 11) is 1.31. The summed E-state index contributed by atoms with van der Waals surface area (Å²) in [6.07, 6.45) is 2.93. The van der Waals surface area contributed by atoms with Gasteiger partial charge in [0.05, 0.1) is 7.11 Å². The summed E-state index contributed by atoms with van der Waals surface area (Å²) in [5.74, 6) is 1.46. The molecule has 1 aromatic heterocycles. The van der Waals surface area contributed by atoms with Crippen molar-refractivity contribution in [1.29, 1.82) is 0 Å². The average Bonchev–Trinajstić information content (AvgIpc) is 2.58. The molecule has 4 nitrogen and oxygen atoms in total. The van der Waals surface area contributed by atoms with Crippen molar-refractivity contribution in [3.8, 4) is 11.6 Å². The number of aromatic nitrogens is 1. The van der Waals surface area contributed by atoms with Crippen molar-refractivity contribution in [3.63, 3.8) is 0 Å². The zero-order valence-corrected chi connectivity index (χ0v) is 14.5. The standard InChI is InChI=1S/C17H21NO.C2H4O2/c1-5-17(3,4)14-7-9-15(10-8-14)19-16-11-6-13(2)12-18-16;1-4-2-3/h6-12H,5H2,1-4H3;2H,1H3. The van der Waals surface area contributed by atoms with Crippen LogP contribution >= 0.6 is 0 Å². The maximum absolute atomic E-state index is 8.95. The largest absolute Gasteiger partial charge is 0.471 e. The first-order chi connectivity index (χ1) is 10.9. The number of hydrogen-bond acceptors (Lipinski definition) is 4. The summed E-state index contributed by atoms with van der Waals surface area (Å²) in [4.78, 5) is 13.2. The van der Waals surface area contributed by atoms with Gasteiger partial charge in [0.15, 0.2) is 0 Å². The van der Waals surface area contributed by atoms with Crippen molar-refractivity contribution in [1.82, 2.24) is 4.98 Å².